The van der Waals surface area contributed by atoms with Crippen LogP contribution in [0.4, 0.5) is 0 Å². The van der Waals surface area contributed by atoms with Gasteiger partial charge in [0.1, 0.15) is 11.7 Å². The number of methoxy groups -OCH3 is 4. The molecule has 1 aromatic rings. The van der Waals surface area contributed by atoms with E-state index in [9.17, 15) is 9.59 Å². The van der Waals surface area contributed by atoms with E-state index in [4.69, 9.17) is 28.4 Å². The van der Waals surface area contributed by atoms with Gasteiger partial charge in [0, 0.05) is 94.9 Å². The van der Waals surface area contributed by atoms with Crippen LogP contribution in [0, 0.1) is 40.4 Å². The van der Waals surface area contributed by atoms with Crippen molar-refractivity contribution in [3.8, 4) is 0 Å². The third kappa shape index (κ3) is 4.16. The van der Waals surface area contributed by atoms with Gasteiger partial charge in [0.25, 0.3) is 0 Å². The molecule has 7 bridgehead atoms. The van der Waals surface area contributed by atoms with Crippen LogP contribution in [0.5, 0.6) is 0 Å². The van der Waals surface area contributed by atoms with Crippen LogP contribution in [0.1, 0.15) is 45.1 Å². The molecule has 1 heterocycles. The topological polar surface area (TPSA) is 92.8 Å². The van der Waals surface area contributed by atoms with Gasteiger partial charge in [0.15, 0.2) is 0 Å². The summed E-state index contributed by atoms with van der Waals surface area (Å²) in [6.45, 7) is 6.10. The van der Waals surface area contributed by atoms with Crippen LogP contribution in [-0.2, 0) is 38.0 Å². The number of piperidine rings is 1. The fraction of sp³-hybridized carbons (Fsp3) is 0.722. The Balaban J connectivity index is 1.45. The average Bonchev–Trinajstić information content (AvgIpc) is 3.45. The molecule has 1 spiro atoms. The molecule has 1 saturated heterocycles. The Hall–Kier alpha value is -2.30. The number of hydrogen-bond donors (Lipinski definition) is 0. The lowest BCUT2D eigenvalue weighted by molar-refractivity contribution is -0.280. The van der Waals surface area contributed by atoms with Crippen molar-refractivity contribution in [3.63, 3.8) is 0 Å². The largest absolute Gasteiger partial charge is 0.462 e. The Morgan fingerprint density at radius 3 is 2.44 bits per heavy atom. The van der Waals surface area contributed by atoms with Gasteiger partial charge < -0.3 is 28.4 Å². The minimum absolute atomic E-state index is 0.00219. The second-order valence-corrected chi connectivity index (χ2v) is 14.5. The molecule has 7 rings (SSSR count). The van der Waals surface area contributed by atoms with E-state index >= 15 is 0 Å². The van der Waals surface area contributed by atoms with Crippen LogP contribution in [0.3, 0.4) is 0 Å². The number of likely N-dealkylation sites (tertiary alicyclic amines) is 1. The molecule has 6 aliphatic rings. The van der Waals surface area contributed by atoms with E-state index in [1.54, 1.807) is 20.3 Å². The average molecular weight is 624 g/mol. The van der Waals surface area contributed by atoms with Crippen molar-refractivity contribution < 1.29 is 38.0 Å². The van der Waals surface area contributed by atoms with E-state index < -0.39 is 17.7 Å². The quantitative estimate of drug-likeness (QED) is 0.283. The predicted molar refractivity (Wildman–Crippen MR) is 166 cm³/mol. The molecule has 9 nitrogen and oxygen atoms in total. The summed E-state index contributed by atoms with van der Waals surface area (Å²) in [5.74, 6) is -0.887. The van der Waals surface area contributed by atoms with Crippen molar-refractivity contribution in [1.29, 1.82) is 0 Å². The molecule has 0 N–H and O–H groups in total. The Labute approximate surface area is 266 Å². The molecule has 1 aromatic carbocycles. The maximum atomic E-state index is 14.0. The lowest BCUT2D eigenvalue weighted by Crippen LogP contribution is -2.77. The maximum absolute atomic E-state index is 14.0. The first-order chi connectivity index (χ1) is 21.8. The summed E-state index contributed by atoms with van der Waals surface area (Å²) < 4.78 is 38.7. The van der Waals surface area contributed by atoms with Crippen molar-refractivity contribution in [3.05, 3.63) is 42.0 Å². The highest BCUT2D eigenvalue weighted by molar-refractivity contribution is 5.87. The molecule has 13 atom stereocenters. The monoisotopic (exact) mass is 623 g/mol. The number of hydrogen-bond acceptors (Lipinski definition) is 9. The minimum atomic E-state index is -0.973. The van der Waals surface area contributed by atoms with Gasteiger partial charge in [-0.1, -0.05) is 37.3 Å². The van der Waals surface area contributed by atoms with Crippen LogP contribution in [0.25, 0.3) is 6.08 Å². The Morgan fingerprint density at radius 1 is 1.02 bits per heavy atom. The van der Waals surface area contributed by atoms with E-state index in [0.29, 0.717) is 13.0 Å². The van der Waals surface area contributed by atoms with Crippen LogP contribution < -0.4 is 0 Å². The fourth-order valence-electron chi connectivity index (χ4n) is 12.4. The third-order valence-corrected chi connectivity index (χ3v) is 13.1. The maximum Gasteiger partial charge on any atom is 0.331 e. The van der Waals surface area contributed by atoms with Crippen LogP contribution in [-0.4, -0.2) is 101 Å². The normalized spacial score (nSPS) is 45.9. The number of carbonyl (C=O) groups is 2. The number of esters is 2. The highest BCUT2D eigenvalue weighted by atomic mass is 16.6. The smallest absolute Gasteiger partial charge is 0.331 e. The number of nitrogens with zero attached hydrogens (tertiary/aromatic N) is 1. The van der Waals surface area contributed by atoms with Gasteiger partial charge in [-0.25, -0.2) is 4.79 Å². The minimum Gasteiger partial charge on any atom is -0.462 e. The first-order valence-corrected chi connectivity index (χ1v) is 16.7. The molecule has 5 aliphatic carbocycles. The first-order valence-electron chi connectivity index (χ1n) is 16.7. The highest BCUT2D eigenvalue weighted by Crippen LogP contribution is 2.80. The Kier molecular flexibility index (Phi) is 7.96. The molecule has 3 unspecified atom stereocenters. The summed E-state index contributed by atoms with van der Waals surface area (Å²) in [6, 6.07) is 9.83. The summed E-state index contributed by atoms with van der Waals surface area (Å²) >= 11 is 0. The van der Waals surface area contributed by atoms with Crippen LogP contribution in [0.15, 0.2) is 36.4 Å². The molecule has 246 valence electrons. The first kappa shape index (κ1) is 31.3. The van der Waals surface area contributed by atoms with Crippen molar-refractivity contribution in [1.82, 2.24) is 4.90 Å². The van der Waals surface area contributed by atoms with Crippen LogP contribution >= 0.6 is 0 Å². The van der Waals surface area contributed by atoms with Gasteiger partial charge in [-0.2, -0.15) is 0 Å². The van der Waals surface area contributed by atoms with Crippen molar-refractivity contribution >= 4 is 18.0 Å². The predicted octanol–water partition coefficient (Wildman–Crippen LogP) is 3.99. The number of benzene rings is 1. The Bertz CT molecular complexity index is 1320. The molecule has 5 saturated carbocycles. The number of ether oxygens (including phenoxy) is 6. The van der Waals surface area contributed by atoms with Crippen LogP contribution in [0.2, 0.25) is 0 Å². The molecule has 6 fully saturated rings. The molecule has 1 aliphatic heterocycles. The summed E-state index contributed by atoms with van der Waals surface area (Å²) in [4.78, 5) is 29.4. The van der Waals surface area contributed by atoms with Crippen molar-refractivity contribution in [2.75, 3.05) is 48.1 Å². The zero-order valence-electron chi connectivity index (χ0n) is 27.5. The molecular weight excluding hydrogens is 574 g/mol. The van der Waals surface area contributed by atoms with Crippen molar-refractivity contribution in [2.24, 2.45) is 40.4 Å². The van der Waals surface area contributed by atoms with Gasteiger partial charge >= 0.3 is 11.9 Å². The molecular formula is C36H49NO8. The molecule has 0 amide bonds. The SMILES string of the molecule is CCN1C[C@]2(COC)CC[C@H](OC)[C@@]34C5C[C@H]6C(OC(C)=O)C5[C@](OC(=O)/C=C/c5ccccc5)(C[C@@H]6OC)[C@@H]([C@H](OC)[C@H]23)[C@@H]14. The fourth-order valence-corrected chi connectivity index (χ4v) is 12.4. The summed E-state index contributed by atoms with van der Waals surface area (Å²) in [7, 11) is 7.20. The second-order valence-electron chi connectivity index (χ2n) is 14.5. The molecule has 45 heavy (non-hydrogen) atoms. The van der Waals surface area contributed by atoms with Gasteiger partial charge in [-0.3, -0.25) is 9.69 Å². The van der Waals surface area contributed by atoms with Crippen molar-refractivity contribution in [2.45, 2.75) is 75.6 Å². The van der Waals surface area contributed by atoms with E-state index in [-0.39, 0.29) is 70.7 Å². The Morgan fingerprint density at radius 2 is 1.80 bits per heavy atom. The summed E-state index contributed by atoms with van der Waals surface area (Å²) in [5, 5.41) is 0. The van der Waals surface area contributed by atoms with E-state index in [2.05, 4.69) is 11.8 Å². The van der Waals surface area contributed by atoms with E-state index in [0.717, 1.165) is 37.9 Å². The zero-order chi connectivity index (χ0) is 31.7. The molecule has 9 heteroatoms. The lowest BCUT2D eigenvalue weighted by Gasteiger charge is -2.69. The summed E-state index contributed by atoms with van der Waals surface area (Å²) in [5.41, 5.74) is -0.481. The van der Waals surface area contributed by atoms with Gasteiger partial charge in [-0.05, 0) is 43.4 Å². The number of rotatable bonds is 10. The third-order valence-electron chi connectivity index (χ3n) is 13.1. The molecule has 0 aromatic heterocycles. The molecule has 0 radical (unpaired) electrons. The van der Waals surface area contributed by atoms with Gasteiger partial charge in [0.2, 0.25) is 0 Å². The second kappa shape index (κ2) is 11.4. The van der Waals surface area contributed by atoms with E-state index in [1.807, 2.05) is 44.6 Å². The summed E-state index contributed by atoms with van der Waals surface area (Å²) in [6.07, 6.45) is 5.72. The highest BCUT2D eigenvalue weighted by Gasteiger charge is 2.88. The number of carbonyl (C=O) groups excluding carboxylic acids is 2. The van der Waals surface area contributed by atoms with Gasteiger partial charge in [-0.15, -0.1) is 0 Å². The zero-order valence-corrected chi connectivity index (χ0v) is 27.5. The van der Waals surface area contributed by atoms with Gasteiger partial charge in [0.05, 0.1) is 24.9 Å². The number of fused-ring (bicyclic) bond motifs is 2. The van der Waals surface area contributed by atoms with E-state index in [1.165, 1.54) is 13.0 Å². The standard InChI is InChI=1S/C36H49NO8/c1-7-37-19-34(20-40-3)16-15-26(42-5)36-24-17-23-25(41-4)18-35(28(24)30(23)44-21(2)38,29(33(36)37)31(43-6)32(34)36)45-27(39)14-13-22-11-9-8-10-12-22/h8-14,23-26,28-33H,7,15-20H2,1-6H3/b14-13+/t23-,24?,25+,26+,28?,29+,30?,31+,32-,33-,34+,35-,36+/m1/s1. The lowest BCUT2D eigenvalue weighted by atomic mass is 9.43.